The Bertz CT molecular complexity index is 849. The van der Waals surface area contributed by atoms with Gasteiger partial charge in [-0.25, -0.2) is 4.98 Å². The predicted octanol–water partition coefficient (Wildman–Crippen LogP) is 1.73. The summed E-state index contributed by atoms with van der Waals surface area (Å²) in [6.07, 6.45) is 6.36. The molecule has 29 heavy (non-hydrogen) atoms. The lowest BCUT2D eigenvalue weighted by atomic mass is 10.1. The molecule has 0 fully saturated rings. The van der Waals surface area contributed by atoms with E-state index in [1.165, 1.54) is 0 Å². The van der Waals surface area contributed by atoms with Crippen molar-refractivity contribution in [1.29, 1.82) is 0 Å². The zero-order valence-corrected chi connectivity index (χ0v) is 16.8. The van der Waals surface area contributed by atoms with E-state index in [4.69, 9.17) is 9.84 Å². The van der Waals surface area contributed by atoms with Crippen molar-refractivity contribution in [2.75, 3.05) is 19.7 Å². The lowest BCUT2D eigenvalue weighted by molar-refractivity contribution is -0.136. The highest BCUT2D eigenvalue weighted by Gasteiger charge is 2.18. The molecule has 8 nitrogen and oxygen atoms in total. The molecular formula is C21H28N4O4. The second-order valence-electron chi connectivity index (χ2n) is 7.37. The van der Waals surface area contributed by atoms with Gasteiger partial charge in [0.05, 0.1) is 26.1 Å². The van der Waals surface area contributed by atoms with Gasteiger partial charge in [-0.15, -0.1) is 0 Å². The van der Waals surface area contributed by atoms with Crippen molar-refractivity contribution in [3.8, 4) is 5.75 Å². The van der Waals surface area contributed by atoms with Gasteiger partial charge in [0.15, 0.2) is 0 Å². The molecule has 156 valence electrons. The van der Waals surface area contributed by atoms with Crippen LogP contribution in [0.3, 0.4) is 0 Å². The van der Waals surface area contributed by atoms with Crippen molar-refractivity contribution < 1.29 is 19.4 Å². The highest BCUT2D eigenvalue weighted by molar-refractivity contribution is 5.78. The number of carboxylic acid groups (broad SMARTS) is 1. The number of carbonyl (C=O) groups excluding carboxylic acids is 1. The van der Waals surface area contributed by atoms with E-state index >= 15 is 0 Å². The first-order valence-corrected chi connectivity index (χ1v) is 9.93. The van der Waals surface area contributed by atoms with Gasteiger partial charge >= 0.3 is 5.97 Å². The number of aliphatic carboxylic acids is 1. The minimum absolute atomic E-state index is 0.0254. The van der Waals surface area contributed by atoms with Gasteiger partial charge in [0.1, 0.15) is 11.6 Å². The first-order chi connectivity index (χ1) is 14.0. The molecule has 8 heteroatoms. The minimum atomic E-state index is -0.875. The Kier molecular flexibility index (Phi) is 7.24. The number of hydrogen-bond acceptors (Lipinski definition) is 5. The van der Waals surface area contributed by atoms with Crippen molar-refractivity contribution in [2.45, 2.75) is 38.8 Å². The molecule has 0 aliphatic carbocycles. The molecule has 0 atom stereocenters. The molecule has 0 spiro atoms. The number of fused-ring (bicyclic) bond motifs is 1. The smallest absolute Gasteiger partial charge is 0.307 e. The summed E-state index contributed by atoms with van der Waals surface area (Å²) >= 11 is 0. The van der Waals surface area contributed by atoms with Crippen LogP contribution in [0.4, 0.5) is 0 Å². The Morgan fingerprint density at radius 3 is 2.90 bits per heavy atom. The number of nitrogens with one attached hydrogen (secondary N) is 1. The van der Waals surface area contributed by atoms with Crippen molar-refractivity contribution >= 4 is 11.9 Å². The van der Waals surface area contributed by atoms with E-state index in [-0.39, 0.29) is 18.9 Å². The number of ether oxygens (including phenoxy) is 1. The summed E-state index contributed by atoms with van der Waals surface area (Å²) in [4.78, 5) is 30.0. The van der Waals surface area contributed by atoms with E-state index in [9.17, 15) is 9.59 Å². The van der Waals surface area contributed by atoms with Crippen LogP contribution < -0.4 is 10.1 Å². The summed E-state index contributed by atoms with van der Waals surface area (Å²) in [7, 11) is 1.92. The van der Waals surface area contributed by atoms with Crippen molar-refractivity contribution in [3.05, 3.63) is 47.5 Å². The van der Waals surface area contributed by atoms with Gasteiger partial charge in [0.2, 0.25) is 5.91 Å². The first-order valence-electron chi connectivity index (χ1n) is 9.93. The molecule has 0 bridgehead atoms. The highest BCUT2D eigenvalue weighted by atomic mass is 16.5. The summed E-state index contributed by atoms with van der Waals surface area (Å²) in [6, 6.07) is 5.50. The minimum Gasteiger partial charge on any atom is -0.493 e. The summed E-state index contributed by atoms with van der Waals surface area (Å²) in [5.74, 6) is 0.692. The first kappa shape index (κ1) is 20.9. The van der Waals surface area contributed by atoms with Gasteiger partial charge in [-0.1, -0.05) is 12.1 Å². The number of aromatic nitrogens is 2. The molecule has 2 heterocycles. The number of carbonyl (C=O) groups is 2. The maximum absolute atomic E-state index is 12.4. The number of nitrogens with zero attached hydrogens (tertiary/aromatic N) is 3. The standard InChI is InChI=1S/C21H28N4O4/c1-24-9-8-22-19(24)14-25-13-17-11-16(12-21(27)28)5-6-18(17)29-10-4-2-3-7-23-20(26)15-25/h5-6,8-9,11H,2-4,7,10,12-15H2,1H3,(H,23,26)(H,27,28). The Balaban J connectivity index is 1.88. The molecule has 2 aromatic rings. The second-order valence-corrected chi connectivity index (χ2v) is 7.37. The Morgan fingerprint density at radius 1 is 1.28 bits per heavy atom. The van der Waals surface area contributed by atoms with Crippen LogP contribution in [-0.4, -0.2) is 51.1 Å². The average molecular weight is 400 g/mol. The highest BCUT2D eigenvalue weighted by Crippen LogP contribution is 2.24. The Hall–Kier alpha value is -2.87. The molecule has 0 saturated carbocycles. The lowest BCUT2D eigenvalue weighted by Crippen LogP contribution is -2.37. The fraction of sp³-hybridized carbons (Fsp3) is 0.476. The third-order valence-electron chi connectivity index (χ3n) is 4.93. The number of amides is 1. The number of imidazole rings is 1. The largest absolute Gasteiger partial charge is 0.493 e. The lowest BCUT2D eigenvalue weighted by Gasteiger charge is -2.23. The molecule has 3 rings (SSSR count). The number of hydrogen-bond donors (Lipinski definition) is 2. The van der Waals surface area contributed by atoms with Crippen LogP contribution in [0.1, 0.15) is 36.2 Å². The van der Waals surface area contributed by atoms with Crippen molar-refractivity contribution in [1.82, 2.24) is 19.8 Å². The molecule has 2 N–H and O–H groups in total. The van der Waals surface area contributed by atoms with Crippen LogP contribution in [0.25, 0.3) is 0 Å². The molecule has 1 aromatic carbocycles. The quantitative estimate of drug-likeness (QED) is 0.811. The van der Waals surface area contributed by atoms with Crippen molar-refractivity contribution in [2.24, 2.45) is 7.05 Å². The fourth-order valence-corrected chi connectivity index (χ4v) is 3.41. The summed E-state index contributed by atoms with van der Waals surface area (Å²) < 4.78 is 7.92. The number of aryl methyl sites for hydroxylation is 1. The normalized spacial score (nSPS) is 16.5. The topological polar surface area (TPSA) is 96.7 Å². The molecule has 1 aromatic heterocycles. The van der Waals surface area contributed by atoms with Crippen molar-refractivity contribution in [3.63, 3.8) is 0 Å². The molecule has 1 aliphatic rings. The van der Waals surface area contributed by atoms with Gasteiger partial charge in [-0.2, -0.15) is 0 Å². The SMILES string of the molecule is Cn1ccnc1CN1CC(=O)NCCCCCOc2ccc(CC(=O)O)cc2C1. The third kappa shape index (κ3) is 6.32. The average Bonchev–Trinajstić information content (AvgIpc) is 3.06. The zero-order chi connectivity index (χ0) is 20.6. The predicted molar refractivity (Wildman–Crippen MR) is 107 cm³/mol. The van der Waals surface area contributed by atoms with Crippen LogP contribution in [-0.2, 0) is 36.1 Å². The second kappa shape index (κ2) is 10.1. The summed E-state index contributed by atoms with van der Waals surface area (Å²) in [6.45, 7) is 2.45. The zero-order valence-electron chi connectivity index (χ0n) is 16.8. The van der Waals surface area contributed by atoms with E-state index in [0.29, 0.717) is 31.8 Å². The van der Waals surface area contributed by atoms with E-state index < -0.39 is 5.97 Å². The van der Waals surface area contributed by atoms with E-state index in [0.717, 1.165) is 36.4 Å². The van der Waals surface area contributed by atoms with Gasteiger partial charge < -0.3 is 19.7 Å². The van der Waals surface area contributed by atoms with Crippen LogP contribution >= 0.6 is 0 Å². The van der Waals surface area contributed by atoms with Crippen LogP contribution in [0.5, 0.6) is 5.75 Å². The molecule has 1 aliphatic heterocycles. The molecule has 0 radical (unpaired) electrons. The fourth-order valence-electron chi connectivity index (χ4n) is 3.41. The maximum Gasteiger partial charge on any atom is 0.307 e. The van der Waals surface area contributed by atoms with Gasteiger partial charge in [0, 0.05) is 38.1 Å². The van der Waals surface area contributed by atoms with Crippen LogP contribution in [0.15, 0.2) is 30.6 Å². The number of benzene rings is 1. The summed E-state index contributed by atoms with van der Waals surface area (Å²) in [5.41, 5.74) is 1.59. The monoisotopic (exact) mass is 400 g/mol. The van der Waals surface area contributed by atoms with E-state index in [2.05, 4.69) is 10.3 Å². The molecule has 0 unspecified atom stereocenters. The Morgan fingerprint density at radius 2 is 2.14 bits per heavy atom. The maximum atomic E-state index is 12.4. The number of carboxylic acids is 1. The van der Waals surface area contributed by atoms with Crippen LogP contribution in [0.2, 0.25) is 0 Å². The Labute approximate surface area is 170 Å². The molecule has 0 saturated heterocycles. The van der Waals surface area contributed by atoms with Gasteiger partial charge in [-0.3, -0.25) is 14.5 Å². The van der Waals surface area contributed by atoms with E-state index in [1.807, 2.05) is 34.8 Å². The molecular weight excluding hydrogens is 372 g/mol. The third-order valence-corrected chi connectivity index (χ3v) is 4.93. The van der Waals surface area contributed by atoms with E-state index in [1.54, 1.807) is 12.3 Å². The van der Waals surface area contributed by atoms with Crippen LogP contribution in [0, 0.1) is 0 Å². The van der Waals surface area contributed by atoms with Gasteiger partial charge in [-0.05, 0) is 30.9 Å². The summed E-state index contributed by atoms with van der Waals surface area (Å²) in [5, 5.41) is 12.1. The molecule has 1 amide bonds. The van der Waals surface area contributed by atoms with Gasteiger partial charge in [0.25, 0.3) is 0 Å². The number of rotatable bonds is 4.